The molecule has 0 unspecified atom stereocenters. The van der Waals surface area contributed by atoms with Gasteiger partial charge in [-0.1, -0.05) is 84.0 Å². The van der Waals surface area contributed by atoms with Gasteiger partial charge in [-0.2, -0.15) is 0 Å². The van der Waals surface area contributed by atoms with Gasteiger partial charge in [0.25, 0.3) is 0 Å². The van der Waals surface area contributed by atoms with Crippen molar-refractivity contribution >= 4 is 15.6 Å². The first kappa shape index (κ1) is 47.7. The van der Waals surface area contributed by atoms with Crippen LogP contribution in [0.3, 0.4) is 0 Å². The number of Topliss-reactive ketones (excluding diaryl/α,β-unsaturated/α-hetero) is 1. The SMILES string of the molecule is C=C(C)[C@@H]1CC[C@]2(NCCC)CC[C@]3(C)[C@H](CC[C@@H]4[C@@]5(C)CC=C(C6=CC[C@@](CF)(C(=O)COc7ccccc7)CC6)C(C)(C)[C@@H]5CC[C@]43C)[C@@H]12.CS(=O)(=O)C1CCC(O)CC1. The van der Waals surface area contributed by atoms with Gasteiger partial charge in [0.1, 0.15) is 28.9 Å². The van der Waals surface area contributed by atoms with E-state index in [0.29, 0.717) is 84.3 Å². The van der Waals surface area contributed by atoms with Gasteiger partial charge in [0.2, 0.25) is 0 Å². The first-order valence-electron chi connectivity index (χ1n) is 24.7. The molecule has 0 aliphatic heterocycles. The molecule has 7 aliphatic carbocycles. The Morgan fingerprint density at radius 2 is 1.58 bits per heavy atom. The van der Waals surface area contributed by atoms with E-state index in [1.807, 2.05) is 30.3 Å². The van der Waals surface area contributed by atoms with Gasteiger partial charge >= 0.3 is 0 Å². The van der Waals surface area contributed by atoms with E-state index in [-0.39, 0.29) is 34.6 Å². The summed E-state index contributed by atoms with van der Waals surface area (Å²) in [5.74, 6) is 3.99. The zero-order valence-electron chi connectivity index (χ0n) is 39.8. The highest BCUT2D eigenvalue weighted by molar-refractivity contribution is 7.91. The first-order chi connectivity index (χ1) is 29.2. The van der Waals surface area contributed by atoms with Crippen LogP contribution in [0.5, 0.6) is 5.75 Å². The average molecular weight is 876 g/mol. The molecule has 1 aromatic rings. The topological polar surface area (TPSA) is 92.7 Å². The van der Waals surface area contributed by atoms with Crippen molar-refractivity contribution in [3.63, 3.8) is 0 Å². The highest BCUT2D eigenvalue weighted by Crippen LogP contribution is 2.76. The second-order valence-electron chi connectivity index (χ2n) is 22.9. The molecule has 8 heteroatoms. The summed E-state index contributed by atoms with van der Waals surface area (Å²) < 4.78 is 42.5. The number of benzene rings is 1. The summed E-state index contributed by atoms with van der Waals surface area (Å²) in [6.45, 7) is 22.9. The number of sulfone groups is 1. The van der Waals surface area contributed by atoms with E-state index in [9.17, 15) is 17.6 Å². The van der Waals surface area contributed by atoms with Gasteiger partial charge in [0, 0.05) is 11.8 Å². The number of hydrogen-bond donors (Lipinski definition) is 2. The Balaban J connectivity index is 0.000000459. The molecule has 0 saturated heterocycles. The van der Waals surface area contributed by atoms with Gasteiger partial charge in [-0.3, -0.25) is 4.79 Å². The number of ether oxygens (including phenoxy) is 1. The quantitative estimate of drug-likeness (QED) is 0.215. The molecular formula is C54H82FNO5S. The van der Waals surface area contributed by atoms with Crippen LogP contribution >= 0.6 is 0 Å². The van der Waals surface area contributed by atoms with Gasteiger partial charge in [-0.05, 0) is 197 Å². The number of aliphatic hydroxyl groups is 1. The fourth-order valence-electron chi connectivity index (χ4n) is 15.9. The molecule has 10 atom stereocenters. The van der Waals surface area contributed by atoms with E-state index < -0.39 is 21.9 Å². The largest absolute Gasteiger partial charge is 0.486 e. The van der Waals surface area contributed by atoms with Gasteiger partial charge < -0.3 is 15.2 Å². The van der Waals surface area contributed by atoms with E-state index in [4.69, 9.17) is 9.84 Å². The number of aliphatic hydroxyl groups excluding tert-OH is 1. The van der Waals surface area contributed by atoms with Crippen molar-refractivity contribution in [2.75, 3.05) is 26.1 Å². The van der Waals surface area contributed by atoms with Crippen LogP contribution in [0.4, 0.5) is 4.39 Å². The molecule has 0 radical (unpaired) electrons. The van der Waals surface area contributed by atoms with Crippen molar-refractivity contribution in [2.24, 2.45) is 56.7 Å². The minimum Gasteiger partial charge on any atom is -0.486 e. The maximum absolute atomic E-state index is 14.7. The second kappa shape index (κ2) is 17.8. The molecule has 0 amide bonds. The smallest absolute Gasteiger partial charge is 0.179 e. The van der Waals surface area contributed by atoms with E-state index in [1.165, 1.54) is 80.8 Å². The average Bonchev–Trinajstić information content (AvgIpc) is 3.63. The number of carbonyl (C=O) groups is 1. The van der Waals surface area contributed by atoms with Gasteiger partial charge in [0.15, 0.2) is 5.78 Å². The van der Waals surface area contributed by atoms with E-state index >= 15 is 0 Å². The third-order valence-corrected chi connectivity index (χ3v) is 21.2. The number of alkyl halides is 1. The molecule has 0 spiro atoms. The minimum absolute atomic E-state index is 0.0380. The first-order valence-corrected chi connectivity index (χ1v) is 26.6. The Kier molecular flexibility index (Phi) is 13.7. The Hall–Kier alpha value is -2.29. The number of para-hydroxylation sites is 1. The maximum atomic E-state index is 14.7. The summed E-state index contributed by atoms with van der Waals surface area (Å²) in [4.78, 5) is 13.4. The second-order valence-corrected chi connectivity index (χ2v) is 25.3. The third kappa shape index (κ3) is 8.28. The lowest BCUT2D eigenvalue weighted by atomic mass is 9.33. The Bertz CT molecular complexity index is 1970. The molecule has 8 rings (SSSR count). The molecule has 5 fully saturated rings. The molecule has 2 N–H and O–H groups in total. The molecule has 62 heavy (non-hydrogen) atoms. The van der Waals surface area contributed by atoms with Crippen molar-refractivity contribution in [1.29, 1.82) is 0 Å². The van der Waals surface area contributed by atoms with Crippen molar-refractivity contribution in [2.45, 2.75) is 175 Å². The molecule has 1 aromatic carbocycles. The highest BCUT2D eigenvalue weighted by atomic mass is 32.2. The third-order valence-electron chi connectivity index (χ3n) is 19.5. The Labute approximate surface area is 375 Å². The number of allylic oxidation sites excluding steroid dienone is 5. The van der Waals surface area contributed by atoms with Crippen LogP contribution in [0.2, 0.25) is 0 Å². The molecule has 0 heterocycles. The minimum atomic E-state index is -2.86. The van der Waals surface area contributed by atoms with E-state index in [1.54, 1.807) is 0 Å². The Morgan fingerprint density at radius 1 is 0.871 bits per heavy atom. The number of hydrogen-bond acceptors (Lipinski definition) is 6. The number of halogens is 1. The molecule has 346 valence electrons. The van der Waals surface area contributed by atoms with Crippen LogP contribution in [0, 0.1) is 56.7 Å². The predicted octanol–water partition coefficient (Wildman–Crippen LogP) is 12.0. The predicted molar refractivity (Wildman–Crippen MR) is 251 cm³/mol. The number of nitrogens with one attached hydrogen (secondary N) is 1. The van der Waals surface area contributed by atoms with E-state index in [2.05, 4.69) is 72.5 Å². The molecule has 0 aromatic heterocycles. The van der Waals surface area contributed by atoms with Crippen LogP contribution in [-0.2, 0) is 14.6 Å². The van der Waals surface area contributed by atoms with Crippen LogP contribution in [0.15, 0.2) is 65.8 Å². The lowest BCUT2D eigenvalue weighted by Crippen LogP contribution is -2.68. The van der Waals surface area contributed by atoms with Gasteiger partial charge in [-0.15, -0.1) is 0 Å². The molecule has 5 saturated carbocycles. The number of fused-ring (bicyclic) bond motifs is 7. The van der Waals surface area contributed by atoms with Crippen molar-refractivity contribution < 1.29 is 27.4 Å². The fourth-order valence-corrected chi connectivity index (χ4v) is 17.0. The number of ketones is 1. The monoisotopic (exact) mass is 876 g/mol. The van der Waals surface area contributed by atoms with Crippen molar-refractivity contribution in [3.05, 3.63) is 65.8 Å². The standard InChI is InChI=1S/C47H68FNO2.C7H14O3S/c1-9-29-49-47-26-19-35(32(2)3)41(47)37-15-16-39-43(6)22-20-36(42(4,5)38(43)21-23-45(39,8)44(37,7)27-28-47)33-17-24-46(31-48,25-18-33)40(50)30-51-34-13-11-10-12-14-34;1-11(9,10)7-4-2-6(8)3-5-7/h10-14,17,20,35,37-39,41,49H,2,9,15-16,18-19,21-31H2,1,3-8H3;6-8H,2-5H2,1H3/t35-,37+,38-,39+,41+,43-,44+,45+,46+,47-;/m0./s1. The molecular weight excluding hydrogens is 794 g/mol. The molecule has 0 bridgehead atoms. The van der Waals surface area contributed by atoms with Gasteiger partial charge in [0.05, 0.1) is 16.8 Å². The van der Waals surface area contributed by atoms with Crippen molar-refractivity contribution in [3.8, 4) is 5.75 Å². The normalized spacial score (nSPS) is 41.1. The summed E-state index contributed by atoms with van der Waals surface area (Å²) in [7, 11) is -2.86. The van der Waals surface area contributed by atoms with Crippen LogP contribution < -0.4 is 10.1 Å². The summed E-state index contributed by atoms with van der Waals surface area (Å²) >= 11 is 0. The van der Waals surface area contributed by atoms with E-state index in [0.717, 1.165) is 25.3 Å². The Morgan fingerprint density at radius 3 is 2.19 bits per heavy atom. The van der Waals surface area contributed by atoms with Crippen LogP contribution in [0.1, 0.15) is 158 Å². The fraction of sp³-hybridized carbons (Fsp3) is 0.759. The lowest BCUT2D eigenvalue weighted by molar-refractivity contribution is -0.221. The summed E-state index contributed by atoms with van der Waals surface area (Å²) in [6.07, 6.45) is 23.1. The summed E-state index contributed by atoms with van der Waals surface area (Å²) in [5.41, 5.74) is 4.56. The summed E-state index contributed by atoms with van der Waals surface area (Å²) in [6, 6.07) is 9.40. The highest BCUT2D eigenvalue weighted by Gasteiger charge is 2.70. The summed E-state index contributed by atoms with van der Waals surface area (Å²) in [5, 5.41) is 13.1. The van der Waals surface area contributed by atoms with Crippen molar-refractivity contribution in [1.82, 2.24) is 5.32 Å². The molecule has 6 nitrogen and oxygen atoms in total. The van der Waals surface area contributed by atoms with Crippen LogP contribution in [0.25, 0.3) is 0 Å². The number of carbonyl (C=O) groups excluding carboxylic acids is 1. The number of rotatable bonds is 11. The molecule has 7 aliphatic rings. The van der Waals surface area contributed by atoms with Gasteiger partial charge in [-0.25, -0.2) is 12.8 Å². The zero-order valence-corrected chi connectivity index (χ0v) is 40.6. The van der Waals surface area contributed by atoms with Crippen LogP contribution in [-0.4, -0.2) is 62.3 Å². The zero-order chi connectivity index (χ0) is 44.9. The lowest BCUT2D eigenvalue weighted by Gasteiger charge is -2.72. The maximum Gasteiger partial charge on any atom is 0.179 e.